The van der Waals surface area contributed by atoms with E-state index >= 15 is 0 Å². The summed E-state index contributed by atoms with van der Waals surface area (Å²) in [5, 5.41) is 5.50. The molecule has 0 aliphatic carbocycles. The van der Waals surface area contributed by atoms with Gasteiger partial charge in [0.2, 0.25) is 0 Å². The van der Waals surface area contributed by atoms with Crippen LogP contribution in [0.15, 0.2) is 54.0 Å². The number of likely N-dealkylation sites (tertiary alicyclic amines) is 1. The van der Waals surface area contributed by atoms with Gasteiger partial charge < -0.3 is 10.2 Å². The standard InChI is InChI=1S/C30H27F2N5O2S2/c1-17-15-21(32)10-11-23(17)28-35-24(26(41-28)19-6-8-20(31)9-7-19)29(39)36-12-4-3-5-22(36)16-33-27(38)25-18(2)34-30-37(25)13-14-40-30/h6-11,13-15,22H,3-5,12,16H2,1-2H3,(H,33,38)/t22-/m0/s1. The maximum Gasteiger partial charge on any atom is 0.274 e. The quantitative estimate of drug-likeness (QED) is 0.244. The molecule has 0 unspecified atom stereocenters. The van der Waals surface area contributed by atoms with Crippen LogP contribution >= 0.6 is 22.7 Å². The van der Waals surface area contributed by atoms with Crippen molar-refractivity contribution in [2.75, 3.05) is 13.1 Å². The molecule has 2 amide bonds. The highest BCUT2D eigenvalue weighted by Gasteiger charge is 2.32. The van der Waals surface area contributed by atoms with E-state index in [2.05, 4.69) is 10.3 Å². The maximum atomic E-state index is 14.1. The number of aromatic nitrogens is 3. The number of thiazole rings is 2. The van der Waals surface area contributed by atoms with E-state index in [1.165, 1.54) is 46.9 Å². The van der Waals surface area contributed by atoms with Gasteiger partial charge in [0.25, 0.3) is 11.8 Å². The lowest BCUT2D eigenvalue weighted by molar-refractivity contribution is 0.0598. The topological polar surface area (TPSA) is 79.6 Å². The van der Waals surface area contributed by atoms with Crippen LogP contribution in [0.4, 0.5) is 8.78 Å². The number of aryl methyl sites for hydroxylation is 2. The summed E-state index contributed by atoms with van der Waals surface area (Å²) in [7, 11) is 0. The first kappa shape index (κ1) is 27.2. The van der Waals surface area contributed by atoms with Crippen molar-refractivity contribution in [1.29, 1.82) is 0 Å². The van der Waals surface area contributed by atoms with Crippen molar-refractivity contribution < 1.29 is 18.4 Å². The van der Waals surface area contributed by atoms with E-state index in [-0.39, 0.29) is 35.2 Å². The largest absolute Gasteiger partial charge is 0.349 e. The Morgan fingerprint density at radius 2 is 1.83 bits per heavy atom. The molecule has 41 heavy (non-hydrogen) atoms. The van der Waals surface area contributed by atoms with Crippen molar-refractivity contribution in [3.05, 3.63) is 88.3 Å². The maximum absolute atomic E-state index is 14.1. The number of nitrogens with zero attached hydrogens (tertiary/aromatic N) is 4. The number of rotatable bonds is 6. The normalized spacial score (nSPS) is 15.4. The molecule has 4 heterocycles. The van der Waals surface area contributed by atoms with Crippen LogP contribution in [0.1, 0.15) is 51.5 Å². The fourth-order valence-corrected chi connectivity index (χ4v) is 7.23. The molecular weight excluding hydrogens is 564 g/mol. The van der Waals surface area contributed by atoms with Crippen molar-refractivity contribution >= 4 is 39.4 Å². The van der Waals surface area contributed by atoms with E-state index in [0.29, 0.717) is 45.5 Å². The molecule has 1 saturated heterocycles. The lowest BCUT2D eigenvalue weighted by atomic mass is 10.0. The molecular formula is C30H27F2N5O2S2. The zero-order chi connectivity index (χ0) is 28.7. The van der Waals surface area contributed by atoms with E-state index in [4.69, 9.17) is 4.98 Å². The summed E-state index contributed by atoms with van der Waals surface area (Å²) in [6.45, 7) is 4.44. The Balaban J connectivity index is 1.30. The third kappa shape index (κ3) is 5.27. The van der Waals surface area contributed by atoms with Crippen LogP contribution in [0.25, 0.3) is 26.0 Å². The lowest BCUT2D eigenvalue weighted by Crippen LogP contribution is -2.49. The Morgan fingerprint density at radius 3 is 2.61 bits per heavy atom. The molecule has 0 bridgehead atoms. The minimum absolute atomic E-state index is 0.217. The second-order valence-electron chi connectivity index (χ2n) is 10.1. The van der Waals surface area contributed by atoms with Crippen LogP contribution in [0.3, 0.4) is 0 Å². The van der Waals surface area contributed by atoms with Crippen LogP contribution < -0.4 is 5.32 Å². The van der Waals surface area contributed by atoms with Gasteiger partial charge in [-0.3, -0.25) is 14.0 Å². The van der Waals surface area contributed by atoms with Gasteiger partial charge in [0.05, 0.1) is 10.6 Å². The van der Waals surface area contributed by atoms with Gasteiger partial charge in [0, 0.05) is 36.3 Å². The smallest absolute Gasteiger partial charge is 0.274 e. The second kappa shape index (κ2) is 11.1. The minimum Gasteiger partial charge on any atom is -0.349 e. The molecule has 5 aromatic rings. The molecule has 1 aliphatic rings. The molecule has 0 radical (unpaired) electrons. The molecule has 0 spiro atoms. The van der Waals surface area contributed by atoms with E-state index in [1.807, 2.05) is 18.5 Å². The third-order valence-electron chi connectivity index (χ3n) is 7.39. The molecule has 1 aliphatic heterocycles. The van der Waals surface area contributed by atoms with Crippen LogP contribution in [-0.2, 0) is 0 Å². The zero-order valence-electron chi connectivity index (χ0n) is 22.5. The first-order valence-electron chi connectivity index (χ1n) is 13.3. The number of hydrogen-bond donors (Lipinski definition) is 1. The van der Waals surface area contributed by atoms with E-state index in [1.54, 1.807) is 34.4 Å². The number of imidazole rings is 1. The number of carbonyl (C=O) groups excluding carboxylic acids is 2. The predicted octanol–water partition coefficient (Wildman–Crippen LogP) is 6.51. The summed E-state index contributed by atoms with van der Waals surface area (Å²) in [6, 6.07) is 10.2. The Labute approximate surface area is 243 Å². The summed E-state index contributed by atoms with van der Waals surface area (Å²) in [6.07, 6.45) is 4.34. The van der Waals surface area contributed by atoms with Crippen molar-refractivity contribution in [1.82, 2.24) is 24.6 Å². The molecule has 11 heteroatoms. The molecule has 6 rings (SSSR count). The highest BCUT2D eigenvalue weighted by atomic mass is 32.1. The Kier molecular flexibility index (Phi) is 7.39. The van der Waals surface area contributed by atoms with Gasteiger partial charge in [-0.1, -0.05) is 12.1 Å². The number of amides is 2. The zero-order valence-corrected chi connectivity index (χ0v) is 24.1. The average Bonchev–Trinajstić information content (AvgIpc) is 3.67. The second-order valence-corrected chi connectivity index (χ2v) is 12.0. The van der Waals surface area contributed by atoms with Crippen LogP contribution in [0, 0.1) is 25.5 Å². The van der Waals surface area contributed by atoms with Gasteiger partial charge in [-0.2, -0.15) is 0 Å². The Hall–Kier alpha value is -3.96. The highest BCUT2D eigenvalue weighted by molar-refractivity contribution is 7.18. The molecule has 1 N–H and O–H groups in total. The van der Waals surface area contributed by atoms with Crippen molar-refractivity contribution in [3.63, 3.8) is 0 Å². The summed E-state index contributed by atoms with van der Waals surface area (Å²) < 4.78 is 29.3. The van der Waals surface area contributed by atoms with Crippen LogP contribution in [-0.4, -0.2) is 50.2 Å². The van der Waals surface area contributed by atoms with E-state index < -0.39 is 0 Å². The first-order chi connectivity index (χ1) is 19.8. The number of benzene rings is 2. The number of fused-ring (bicyclic) bond motifs is 1. The summed E-state index contributed by atoms with van der Waals surface area (Å²) in [5.74, 6) is -1.20. The fraction of sp³-hybridized carbons (Fsp3) is 0.267. The van der Waals surface area contributed by atoms with Gasteiger partial charge >= 0.3 is 0 Å². The van der Waals surface area contributed by atoms with Crippen molar-refractivity contribution in [3.8, 4) is 21.0 Å². The first-order valence-corrected chi connectivity index (χ1v) is 15.0. The number of nitrogens with one attached hydrogen (secondary N) is 1. The highest BCUT2D eigenvalue weighted by Crippen LogP contribution is 2.38. The third-order valence-corrected chi connectivity index (χ3v) is 9.29. The van der Waals surface area contributed by atoms with Crippen LogP contribution in [0.5, 0.6) is 0 Å². The number of halogens is 2. The average molecular weight is 592 g/mol. The van der Waals surface area contributed by atoms with Gasteiger partial charge in [-0.25, -0.2) is 18.7 Å². The lowest BCUT2D eigenvalue weighted by Gasteiger charge is -2.35. The van der Waals surface area contributed by atoms with Gasteiger partial charge in [0.1, 0.15) is 28.0 Å². The SMILES string of the molecule is Cc1cc(F)ccc1-c1nc(C(=O)N2CCCC[C@H]2CNC(=O)c2c(C)nc3sccn23)c(-c2ccc(F)cc2)s1. The van der Waals surface area contributed by atoms with E-state index in [0.717, 1.165) is 29.8 Å². The predicted molar refractivity (Wildman–Crippen MR) is 156 cm³/mol. The fourth-order valence-electron chi connectivity index (χ4n) is 5.32. The van der Waals surface area contributed by atoms with Gasteiger partial charge in [0.15, 0.2) is 4.96 Å². The number of carbonyl (C=O) groups is 2. The molecule has 2 aromatic carbocycles. The minimum atomic E-state index is -0.374. The Bertz CT molecular complexity index is 1760. The van der Waals surface area contributed by atoms with E-state index in [9.17, 15) is 18.4 Å². The van der Waals surface area contributed by atoms with Crippen molar-refractivity contribution in [2.45, 2.75) is 39.2 Å². The monoisotopic (exact) mass is 591 g/mol. The van der Waals surface area contributed by atoms with Crippen molar-refractivity contribution in [2.24, 2.45) is 0 Å². The molecule has 1 fully saturated rings. The Morgan fingerprint density at radius 1 is 1.05 bits per heavy atom. The number of hydrogen-bond acceptors (Lipinski definition) is 6. The summed E-state index contributed by atoms with van der Waals surface area (Å²) in [5.41, 5.74) is 3.53. The molecule has 0 saturated carbocycles. The summed E-state index contributed by atoms with van der Waals surface area (Å²) in [4.78, 5) is 39.7. The number of piperidine rings is 1. The molecule has 210 valence electrons. The summed E-state index contributed by atoms with van der Waals surface area (Å²) >= 11 is 2.79. The van der Waals surface area contributed by atoms with Gasteiger partial charge in [-0.15, -0.1) is 22.7 Å². The molecule has 1 atom stereocenters. The molecule has 7 nitrogen and oxygen atoms in total. The van der Waals surface area contributed by atoms with Gasteiger partial charge in [-0.05, 0) is 74.6 Å². The molecule has 3 aromatic heterocycles. The van der Waals surface area contributed by atoms with Crippen LogP contribution in [0.2, 0.25) is 0 Å².